The van der Waals surface area contributed by atoms with Crippen LogP contribution < -0.4 is 5.32 Å². The Morgan fingerprint density at radius 3 is 2.64 bits per heavy atom. The molecule has 6 heteroatoms. The Morgan fingerprint density at radius 1 is 1.32 bits per heavy atom. The van der Waals surface area contributed by atoms with Gasteiger partial charge in [-0.15, -0.1) is 0 Å². The van der Waals surface area contributed by atoms with Crippen LogP contribution in [0.2, 0.25) is 0 Å². The lowest BCUT2D eigenvalue weighted by atomic mass is 10.0. The first-order valence-corrected chi connectivity index (χ1v) is 7.00. The zero-order valence-corrected chi connectivity index (χ0v) is 12.8. The van der Waals surface area contributed by atoms with E-state index in [9.17, 15) is 9.59 Å². The Labute approximate surface area is 128 Å². The molecule has 0 aliphatic rings. The molecule has 0 aliphatic heterocycles. The second-order valence-electron chi connectivity index (χ2n) is 5.40. The maximum Gasteiger partial charge on any atom is 0.336 e. The molecule has 0 spiro atoms. The van der Waals surface area contributed by atoms with Gasteiger partial charge in [-0.2, -0.15) is 0 Å². The summed E-state index contributed by atoms with van der Waals surface area (Å²) in [5, 5.41) is 12.0. The van der Waals surface area contributed by atoms with Crippen LogP contribution in [0.4, 0.5) is 5.69 Å². The number of carbonyl (C=O) groups is 2. The van der Waals surface area contributed by atoms with Gasteiger partial charge >= 0.3 is 5.97 Å². The van der Waals surface area contributed by atoms with E-state index in [-0.39, 0.29) is 23.9 Å². The summed E-state index contributed by atoms with van der Waals surface area (Å²) in [7, 11) is 0. The van der Waals surface area contributed by atoms with Crippen molar-refractivity contribution in [3.05, 3.63) is 47.5 Å². The molecule has 22 heavy (non-hydrogen) atoms. The number of anilines is 1. The van der Waals surface area contributed by atoms with E-state index in [4.69, 9.17) is 5.11 Å². The first-order chi connectivity index (χ1) is 10.4. The molecule has 0 saturated heterocycles. The second-order valence-corrected chi connectivity index (χ2v) is 5.40. The maximum atomic E-state index is 12.1. The lowest BCUT2D eigenvalue weighted by molar-refractivity contribution is -0.116. The van der Waals surface area contributed by atoms with Gasteiger partial charge in [0.25, 0.3) is 0 Å². The number of nitrogens with one attached hydrogen (secondary N) is 1. The van der Waals surface area contributed by atoms with Gasteiger partial charge in [-0.25, -0.2) is 9.78 Å². The zero-order chi connectivity index (χ0) is 16.3. The largest absolute Gasteiger partial charge is 0.478 e. The molecule has 2 N–H and O–H groups in total. The molecular weight excluding hydrogens is 282 g/mol. The van der Waals surface area contributed by atoms with Crippen molar-refractivity contribution in [2.45, 2.75) is 33.2 Å². The van der Waals surface area contributed by atoms with Crippen LogP contribution in [0, 0.1) is 13.8 Å². The van der Waals surface area contributed by atoms with Crippen LogP contribution >= 0.6 is 0 Å². The molecule has 2 aromatic rings. The number of rotatable bonds is 5. The van der Waals surface area contributed by atoms with Crippen LogP contribution in [0.1, 0.15) is 40.9 Å². The van der Waals surface area contributed by atoms with Crippen molar-refractivity contribution >= 4 is 17.6 Å². The smallest absolute Gasteiger partial charge is 0.336 e. The van der Waals surface area contributed by atoms with E-state index in [2.05, 4.69) is 10.3 Å². The molecule has 0 bridgehead atoms. The molecule has 0 fully saturated rings. The van der Waals surface area contributed by atoms with Gasteiger partial charge in [-0.1, -0.05) is 6.07 Å². The fraction of sp³-hybridized carbons (Fsp3) is 0.312. The third-order valence-corrected chi connectivity index (χ3v) is 3.59. The normalized spacial score (nSPS) is 12.0. The molecule has 0 radical (unpaired) electrons. The molecule has 1 heterocycles. The summed E-state index contributed by atoms with van der Waals surface area (Å²) in [6.45, 7) is 5.50. The van der Waals surface area contributed by atoms with Gasteiger partial charge in [0.1, 0.15) is 0 Å². The first kappa shape index (κ1) is 15.8. The van der Waals surface area contributed by atoms with Crippen LogP contribution in [-0.4, -0.2) is 26.5 Å². The van der Waals surface area contributed by atoms with Crippen molar-refractivity contribution in [3.8, 4) is 0 Å². The highest BCUT2D eigenvalue weighted by Gasteiger charge is 2.14. The summed E-state index contributed by atoms with van der Waals surface area (Å²) in [5.41, 5.74) is 2.25. The number of nitrogens with zero attached hydrogens (tertiary/aromatic N) is 2. The van der Waals surface area contributed by atoms with Crippen molar-refractivity contribution in [1.82, 2.24) is 9.55 Å². The molecule has 1 unspecified atom stereocenters. The third-order valence-electron chi connectivity index (χ3n) is 3.59. The van der Waals surface area contributed by atoms with Crippen molar-refractivity contribution in [3.63, 3.8) is 0 Å². The number of imidazole rings is 1. The lowest BCUT2D eigenvalue weighted by Crippen LogP contribution is -2.18. The molecule has 1 amide bonds. The Bertz CT molecular complexity index is 693. The topological polar surface area (TPSA) is 84.2 Å². The summed E-state index contributed by atoms with van der Waals surface area (Å²) >= 11 is 0. The highest BCUT2D eigenvalue weighted by molar-refractivity contribution is 5.95. The van der Waals surface area contributed by atoms with Crippen molar-refractivity contribution in [2.24, 2.45) is 0 Å². The third kappa shape index (κ3) is 3.52. The van der Waals surface area contributed by atoms with Gasteiger partial charge in [0.2, 0.25) is 5.91 Å². The van der Waals surface area contributed by atoms with Gasteiger partial charge in [0, 0.05) is 30.5 Å². The average Bonchev–Trinajstić information content (AvgIpc) is 2.95. The standard InChI is InChI=1S/C16H19N3O3/c1-10-6-11(2)14(8-13(10)16(21)22)18-15(20)7-12(3)19-5-4-17-9-19/h4-6,8-9,12H,7H2,1-3H3,(H,18,20)(H,21,22). The fourth-order valence-electron chi connectivity index (χ4n) is 2.32. The van der Waals surface area contributed by atoms with Gasteiger partial charge < -0.3 is 15.0 Å². The number of carboxylic acid groups (broad SMARTS) is 1. The average molecular weight is 301 g/mol. The molecule has 0 saturated carbocycles. The highest BCUT2D eigenvalue weighted by atomic mass is 16.4. The predicted octanol–water partition coefficient (Wildman–Crippen LogP) is 2.79. The zero-order valence-electron chi connectivity index (χ0n) is 12.8. The van der Waals surface area contributed by atoms with Gasteiger partial charge in [-0.05, 0) is 38.0 Å². The molecule has 1 aromatic carbocycles. The number of hydrogen-bond acceptors (Lipinski definition) is 3. The van der Waals surface area contributed by atoms with E-state index >= 15 is 0 Å². The SMILES string of the molecule is Cc1cc(C)c(C(=O)O)cc1NC(=O)CC(C)n1ccnc1. The number of amides is 1. The van der Waals surface area contributed by atoms with Crippen LogP contribution in [0.3, 0.4) is 0 Å². The second kappa shape index (κ2) is 6.43. The minimum atomic E-state index is -1.00. The quantitative estimate of drug-likeness (QED) is 0.889. The number of benzene rings is 1. The van der Waals surface area contributed by atoms with Crippen LogP contribution in [0.5, 0.6) is 0 Å². The van der Waals surface area contributed by atoms with Crippen LogP contribution in [0.15, 0.2) is 30.9 Å². The monoisotopic (exact) mass is 301 g/mol. The maximum absolute atomic E-state index is 12.1. The Kier molecular flexibility index (Phi) is 4.60. The lowest BCUT2D eigenvalue weighted by Gasteiger charge is -2.15. The highest BCUT2D eigenvalue weighted by Crippen LogP contribution is 2.22. The number of aromatic carboxylic acids is 1. The fourth-order valence-corrected chi connectivity index (χ4v) is 2.32. The number of hydrogen-bond donors (Lipinski definition) is 2. The van der Waals surface area contributed by atoms with Crippen molar-refractivity contribution in [1.29, 1.82) is 0 Å². The number of carbonyl (C=O) groups excluding carboxylic acids is 1. The van der Waals surface area contributed by atoms with Gasteiger partial charge in [0.05, 0.1) is 11.9 Å². The Hall–Kier alpha value is -2.63. The van der Waals surface area contributed by atoms with E-state index in [1.54, 1.807) is 31.7 Å². The number of aromatic nitrogens is 2. The summed E-state index contributed by atoms with van der Waals surface area (Å²) in [5.74, 6) is -1.16. The summed E-state index contributed by atoms with van der Waals surface area (Å²) < 4.78 is 1.85. The van der Waals surface area contributed by atoms with E-state index in [0.717, 1.165) is 5.56 Å². The molecule has 2 rings (SSSR count). The minimum Gasteiger partial charge on any atom is -0.478 e. The van der Waals surface area contributed by atoms with Crippen molar-refractivity contribution < 1.29 is 14.7 Å². The summed E-state index contributed by atoms with van der Waals surface area (Å²) in [6, 6.07) is 3.25. The first-order valence-electron chi connectivity index (χ1n) is 7.00. The molecule has 6 nitrogen and oxygen atoms in total. The van der Waals surface area contributed by atoms with E-state index < -0.39 is 5.97 Å². The number of aryl methyl sites for hydroxylation is 2. The minimum absolute atomic E-state index is 0.0211. The molecular formula is C16H19N3O3. The Balaban J connectivity index is 2.11. The van der Waals surface area contributed by atoms with E-state index in [1.807, 2.05) is 18.4 Å². The van der Waals surface area contributed by atoms with Crippen molar-refractivity contribution in [2.75, 3.05) is 5.32 Å². The summed E-state index contributed by atoms with van der Waals surface area (Å²) in [4.78, 5) is 27.3. The Morgan fingerprint density at radius 2 is 2.05 bits per heavy atom. The van der Waals surface area contributed by atoms with Crippen LogP contribution in [0.25, 0.3) is 0 Å². The molecule has 0 aliphatic carbocycles. The predicted molar refractivity (Wildman–Crippen MR) is 83.1 cm³/mol. The summed E-state index contributed by atoms with van der Waals surface area (Å²) in [6.07, 6.45) is 5.42. The van der Waals surface area contributed by atoms with E-state index in [1.165, 1.54) is 6.07 Å². The molecule has 116 valence electrons. The van der Waals surface area contributed by atoms with Gasteiger partial charge in [0.15, 0.2) is 0 Å². The van der Waals surface area contributed by atoms with E-state index in [0.29, 0.717) is 11.3 Å². The molecule has 1 aromatic heterocycles. The van der Waals surface area contributed by atoms with Crippen LogP contribution in [-0.2, 0) is 4.79 Å². The number of carboxylic acids is 1. The molecule has 1 atom stereocenters. The van der Waals surface area contributed by atoms with Gasteiger partial charge in [-0.3, -0.25) is 4.79 Å².